The van der Waals surface area contributed by atoms with Gasteiger partial charge in [0.15, 0.2) is 0 Å². The second kappa shape index (κ2) is 10.6. The Morgan fingerprint density at radius 2 is 1.82 bits per heavy atom. The van der Waals surface area contributed by atoms with Crippen LogP contribution in [-0.4, -0.2) is 32.7 Å². The molecule has 1 atom stereocenters. The van der Waals surface area contributed by atoms with Crippen LogP contribution in [0, 0.1) is 6.92 Å². The number of para-hydroxylation sites is 1. The molecule has 0 bridgehead atoms. The lowest BCUT2D eigenvalue weighted by molar-refractivity contribution is 0.102. The number of aromatic nitrogens is 1. The first-order chi connectivity index (χ1) is 16.5. The van der Waals surface area contributed by atoms with Gasteiger partial charge in [-0.1, -0.05) is 30.3 Å². The topological polar surface area (TPSA) is 109 Å². The smallest absolute Gasteiger partial charge is 0.261 e. The van der Waals surface area contributed by atoms with E-state index >= 15 is 0 Å². The average Bonchev–Trinajstić information content (AvgIpc) is 2.85. The van der Waals surface area contributed by atoms with Crippen LogP contribution in [0.5, 0.6) is 0 Å². The maximum atomic E-state index is 12.8. The van der Waals surface area contributed by atoms with E-state index < -0.39 is 11.3 Å². The Labute approximate surface area is 201 Å². The number of hydrogen-bond acceptors (Lipinski definition) is 4. The Balaban J connectivity index is 1.53. The second-order valence-corrected chi connectivity index (χ2v) is 8.80. The van der Waals surface area contributed by atoms with Crippen molar-refractivity contribution in [1.29, 1.82) is 0 Å². The van der Waals surface area contributed by atoms with Crippen LogP contribution in [0.3, 0.4) is 0 Å². The molecule has 4 aromatic rings. The van der Waals surface area contributed by atoms with Crippen molar-refractivity contribution in [2.45, 2.75) is 13.3 Å². The van der Waals surface area contributed by atoms with Crippen LogP contribution in [0.2, 0.25) is 0 Å². The molecule has 0 aliphatic rings. The molecule has 0 saturated carbocycles. The quantitative estimate of drug-likeness (QED) is 0.319. The van der Waals surface area contributed by atoms with Gasteiger partial charge in [-0.2, -0.15) is 0 Å². The van der Waals surface area contributed by atoms with Gasteiger partial charge < -0.3 is 11.1 Å². The zero-order valence-electron chi connectivity index (χ0n) is 18.8. The Morgan fingerprint density at radius 3 is 2.56 bits per heavy atom. The Morgan fingerprint density at radius 1 is 1.06 bits per heavy atom. The number of fused-ring (bicyclic) bond motifs is 1. The second-order valence-electron chi connectivity index (χ2n) is 7.89. The molecule has 1 heterocycles. The van der Waals surface area contributed by atoms with E-state index in [4.69, 9.17) is 10.7 Å². The summed E-state index contributed by atoms with van der Waals surface area (Å²) in [6.07, 6.45) is 0.580. The highest BCUT2D eigenvalue weighted by Crippen LogP contribution is 2.27. The highest BCUT2D eigenvalue weighted by Gasteiger charge is 2.14. The molecule has 4 N–H and O–H groups in total. The number of carbonyl (C=O) groups excluding carboxylic acids is 1. The molecule has 1 unspecified atom stereocenters. The highest BCUT2D eigenvalue weighted by atomic mass is 32.2. The third kappa shape index (κ3) is 5.31. The first-order valence-electron chi connectivity index (χ1n) is 10.9. The number of aryl methyl sites for hydroxylation is 1. The monoisotopic (exact) mass is 474 g/mol. The minimum atomic E-state index is -2.17. The number of hydrogen-bond donors (Lipinski definition) is 3. The summed E-state index contributed by atoms with van der Waals surface area (Å²) in [5, 5.41) is 4.00. The molecular formula is C26H26N4O3S. The number of benzene rings is 3. The van der Waals surface area contributed by atoms with E-state index in [1.807, 2.05) is 61.5 Å². The standard InChI is InChI=1S/C26H26N4O3S/c1-18-7-11-21(17-23(18)25-14-10-19-5-2-3-6-24(19)29-25)28-26(31)20-8-12-22(13-9-20)30(34(32)33)16-4-15-27/h2-3,5-14,17H,4,15-16,27H2,1H3,(H,28,31)(H,32,33). The van der Waals surface area contributed by atoms with Crippen molar-refractivity contribution in [2.75, 3.05) is 22.7 Å². The van der Waals surface area contributed by atoms with E-state index in [0.717, 1.165) is 27.7 Å². The van der Waals surface area contributed by atoms with Crippen molar-refractivity contribution in [2.24, 2.45) is 5.73 Å². The van der Waals surface area contributed by atoms with Gasteiger partial charge in [-0.25, -0.2) is 9.19 Å². The molecule has 0 aliphatic carbocycles. The molecule has 4 rings (SSSR count). The van der Waals surface area contributed by atoms with Crippen LogP contribution in [0.15, 0.2) is 78.9 Å². The Kier molecular flexibility index (Phi) is 7.32. The summed E-state index contributed by atoms with van der Waals surface area (Å²) in [6.45, 7) is 2.78. The molecule has 3 aromatic carbocycles. The lowest BCUT2D eigenvalue weighted by atomic mass is 10.0. The third-order valence-electron chi connectivity index (χ3n) is 5.54. The minimum Gasteiger partial charge on any atom is -0.330 e. The normalized spacial score (nSPS) is 11.9. The number of pyridine rings is 1. The van der Waals surface area contributed by atoms with Gasteiger partial charge in [0.05, 0.1) is 16.9 Å². The number of amides is 1. The molecule has 174 valence electrons. The zero-order chi connectivity index (χ0) is 24.1. The van der Waals surface area contributed by atoms with Crippen molar-refractivity contribution < 1.29 is 13.6 Å². The van der Waals surface area contributed by atoms with E-state index in [0.29, 0.717) is 36.4 Å². The van der Waals surface area contributed by atoms with Gasteiger partial charge in [0.25, 0.3) is 17.2 Å². The summed E-state index contributed by atoms with van der Waals surface area (Å²) in [7, 11) is 0. The van der Waals surface area contributed by atoms with Crippen molar-refractivity contribution in [3.63, 3.8) is 0 Å². The number of nitrogens with one attached hydrogen (secondary N) is 1. The van der Waals surface area contributed by atoms with Crippen LogP contribution >= 0.6 is 0 Å². The summed E-state index contributed by atoms with van der Waals surface area (Å²) in [6, 6.07) is 24.3. The molecule has 0 saturated heterocycles. The van der Waals surface area contributed by atoms with E-state index in [-0.39, 0.29) is 5.91 Å². The molecule has 34 heavy (non-hydrogen) atoms. The predicted octanol–water partition coefficient (Wildman–Crippen LogP) is 4.75. The summed E-state index contributed by atoms with van der Waals surface area (Å²) >= 11 is -2.17. The Hall–Kier alpha value is -3.59. The number of nitrogens with two attached hydrogens (primary N) is 1. The summed E-state index contributed by atoms with van der Waals surface area (Å²) in [5.41, 5.74) is 10.9. The van der Waals surface area contributed by atoms with Crippen LogP contribution in [0.25, 0.3) is 22.2 Å². The molecule has 1 aromatic heterocycles. The van der Waals surface area contributed by atoms with Crippen LogP contribution in [0.1, 0.15) is 22.3 Å². The number of nitrogens with zero attached hydrogens (tertiary/aromatic N) is 2. The number of rotatable bonds is 8. The Bertz CT molecular complexity index is 1340. The largest absolute Gasteiger partial charge is 0.330 e. The van der Waals surface area contributed by atoms with Crippen LogP contribution < -0.4 is 15.4 Å². The first kappa shape index (κ1) is 23.6. The van der Waals surface area contributed by atoms with Gasteiger partial charge in [-0.3, -0.25) is 13.7 Å². The van der Waals surface area contributed by atoms with Crippen molar-refractivity contribution in [1.82, 2.24) is 4.98 Å². The van der Waals surface area contributed by atoms with Gasteiger partial charge >= 0.3 is 0 Å². The fourth-order valence-corrected chi connectivity index (χ4v) is 4.29. The predicted molar refractivity (Wildman–Crippen MR) is 138 cm³/mol. The lowest BCUT2D eigenvalue weighted by Gasteiger charge is -2.19. The fourth-order valence-electron chi connectivity index (χ4n) is 3.71. The fraction of sp³-hybridized carbons (Fsp3) is 0.154. The number of carbonyl (C=O) groups is 1. The van der Waals surface area contributed by atoms with E-state index in [1.54, 1.807) is 24.3 Å². The summed E-state index contributed by atoms with van der Waals surface area (Å²) in [5.74, 6) is -0.272. The summed E-state index contributed by atoms with van der Waals surface area (Å²) < 4.78 is 22.5. The molecule has 1 amide bonds. The van der Waals surface area contributed by atoms with Crippen LogP contribution in [0.4, 0.5) is 11.4 Å². The molecule has 0 fully saturated rings. The molecular weight excluding hydrogens is 448 g/mol. The first-order valence-corrected chi connectivity index (χ1v) is 12.0. The van der Waals surface area contributed by atoms with Crippen LogP contribution in [-0.2, 0) is 11.3 Å². The van der Waals surface area contributed by atoms with Gasteiger partial charge in [0.1, 0.15) is 0 Å². The lowest BCUT2D eigenvalue weighted by Crippen LogP contribution is -2.27. The van der Waals surface area contributed by atoms with Gasteiger partial charge in [0, 0.05) is 28.7 Å². The van der Waals surface area contributed by atoms with E-state index in [9.17, 15) is 13.6 Å². The molecule has 8 heteroatoms. The maximum absolute atomic E-state index is 12.8. The summed E-state index contributed by atoms with van der Waals surface area (Å²) in [4.78, 5) is 17.6. The zero-order valence-corrected chi connectivity index (χ0v) is 19.6. The number of anilines is 2. The molecule has 0 radical (unpaired) electrons. The third-order valence-corrected chi connectivity index (χ3v) is 6.31. The van der Waals surface area contributed by atoms with E-state index in [2.05, 4.69) is 5.32 Å². The molecule has 7 nitrogen and oxygen atoms in total. The maximum Gasteiger partial charge on any atom is 0.261 e. The van der Waals surface area contributed by atoms with Gasteiger partial charge in [-0.15, -0.1) is 0 Å². The highest BCUT2D eigenvalue weighted by molar-refractivity contribution is 7.80. The minimum absolute atomic E-state index is 0.272. The molecule has 0 aliphatic heterocycles. The van der Waals surface area contributed by atoms with E-state index in [1.165, 1.54) is 4.31 Å². The van der Waals surface area contributed by atoms with Gasteiger partial charge in [0.2, 0.25) is 0 Å². The molecule has 0 spiro atoms. The average molecular weight is 475 g/mol. The van der Waals surface area contributed by atoms with Crippen molar-refractivity contribution in [3.8, 4) is 11.3 Å². The SMILES string of the molecule is Cc1ccc(NC(=O)c2ccc(N(CCCN)S(=O)O)cc2)cc1-c1ccc2ccccc2n1. The van der Waals surface area contributed by atoms with Crippen molar-refractivity contribution >= 4 is 39.5 Å². The van der Waals surface area contributed by atoms with Crippen molar-refractivity contribution in [3.05, 3.63) is 90.0 Å². The van der Waals surface area contributed by atoms with Gasteiger partial charge in [-0.05, 0) is 74.0 Å².